The van der Waals surface area contributed by atoms with E-state index in [0.29, 0.717) is 22.6 Å². The first-order valence-electron chi connectivity index (χ1n) is 6.02. The Hall–Kier alpha value is -1.32. The Morgan fingerprint density at radius 1 is 1.42 bits per heavy atom. The molecule has 0 amide bonds. The molecular formula is C14H17Cl2N3. The molecule has 3 nitrogen and oxygen atoms in total. The van der Waals surface area contributed by atoms with Crippen LogP contribution < -0.4 is 5.32 Å². The summed E-state index contributed by atoms with van der Waals surface area (Å²) in [4.78, 5) is 8.53. The average molecular weight is 298 g/mol. The zero-order valence-corrected chi connectivity index (χ0v) is 12.5. The monoisotopic (exact) mass is 297 g/mol. The van der Waals surface area contributed by atoms with Gasteiger partial charge in [0.1, 0.15) is 5.16 Å². The van der Waals surface area contributed by atoms with Crippen LogP contribution in [0.25, 0.3) is 0 Å². The first-order valence-corrected chi connectivity index (χ1v) is 6.78. The van der Waals surface area contributed by atoms with Gasteiger partial charge in [-0.2, -0.15) is 0 Å². The SMILES string of the molecule is CC/C=C(Cl)/C=C(/Cl)NC(C)=NCc1ccccn1. The molecule has 1 aromatic rings. The number of aliphatic imine (C=N–C) groups is 1. The van der Waals surface area contributed by atoms with E-state index in [0.717, 1.165) is 12.1 Å². The number of pyridine rings is 1. The van der Waals surface area contributed by atoms with Crippen molar-refractivity contribution in [2.24, 2.45) is 4.99 Å². The molecule has 0 aliphatic rings. The van der Waals surface area contributed by atoms with Crippen molar-refractivity contribution in [3.8, 4) is 0 Å². The Kier molecular flexibility index (Phi) is 7.23. The lowest BCUT2D eigenvalue weighted by atomic mass is 10.3. The van der Waals surface area contributed by atoms with E-state index in [1.165, 1.54) is 0 Å². The number of hydrogen-bond acceptors (Lipinski definition) is 2. The van der Waals surface area contributed by atoms with Crippen molar-refractivity contribution in [3.63, 3.8) is 0 Å². The fourth-order valence-corrected chi connectivity index (χ4v) is 1.89. The fraction of sp³-hybridized carbons (Fsp3) is 0.286. The molecule has 0 bridgehead atoms. The highest BCUT2D eigenvalue weighted by Gasteiger charge is 1.96. The maximum atomic E-state index is 6.02. The van der Waals surface area contributed by atoms with Crippen molar-refractivity contribution < 1.29 is 0 Å². The minimum Gasteiger partial charge on any atom is -0.335 e. The quantitative estimate of drug-likeness (QED) is 0.383. The van der Waals surface area contributed by atoms with Crippen LogP contribution in [0, 0.1) is 0 Å². The Labute approximate surface area is 124 Å². The van der Waals surface area contributed by atoms with Gasteiger partial charge in [0.2, 0.25) is 0 Å². The molecule has 0 fully saturated rings. The van der Waals surface area contributed by atoms with E-state index in [9.17, 15) is 0 Å². The first kappa shape index (κ1) is 15.7. The molecule has 0 aromatic carbocycles. The molecule has 102 valence electrons. The van der Waals surface area contributed by atoms with E-state index in [1.807, 2.05) is 38.1 Å². The Morgan fingerprint density at radius 2 is 2.21 bits per heavy atom. The summed E-state index contributed by atoms with van der Waals surface area (Å²) in [5, 5.41) is 4.01. The lowest BCUT2D eigenvalue weighted by molar-refractivity contribution is 0.971. The van der Waals surface area contributed by atoms with Gasteiger partial charge in [0.15, 0.2) is 0 Å². The summed E-state index contributed by atoms with van der Waals surface area (Å²) in [6, 6.07) is 5.73. The van der Waals surface area contributed by atoms with Crippen LogP contribution in [-0.2, 0) is 6.54 Å². The smallest absolute Gasteiger partial charge is 0.109 e. The third-order valence-electron chi connectivity index (χ3n) is 2.17. The molecule has 5 heteroatoms. The van der Waals surface area contributed by atoms with Crippen molar-refractivity contribution in [3.05, 3.63) is 52.4 Å². The van der Waals surface area contributed by atoms with Crippen LogP contribution in [0.1, 0.15) is 26.0 Å². The summed E-state index contributed by atoms with van der Waals surface area (Å²) in [7, 11) is 0. The predicted molar refractivity (Wildman–Crippen MR) is 82.3 cm³/mol. The van der Waals surface area contributed by atoms with Gasteiger partial charge in [-0.1, -0.05) is 42.3 Å². The number of hydrogen-bond donors (Lipinski definition) is 1. The Bertz CT molecular complexity index is 479. The molecule has 0 spiro atoms. The normalized spacial score (nSPS) is 13.6. The second-order valence-corrected chi connectivity index (χ2v) is 4.68. The van der Waals surface area contributed by atoms with Gasteiger partial charge in [-0.3, -0.25) is 9.98 Å². The van der Waals surface area contributed by atoms with E-state index in [2.05, 4.69) is 15.3 Å². The van der Waals surface area contributed by atoms with Crippen molar-refractivity contribution in [1.29, 1.82) is 0 Å². The standard InChI is InChI=1S/C14H17Cl2N3/c1-3-6-12(15)9-14(16)19-11(2)18-10-13-7-4-5-8-17-13/h4-9H,3,10H2,1-2H3,(H,18,19)/b12-6-,14-9-. The van der Waals surface area contributed by atoms with Gasteiger partial charge in [0, 0.05) is 11.2 Å². The molecule has 0 aliphatic heterocycles. The molecule has 0 saturated carbocycles. The number of allylic oxidation sites excluding steroid dienone is 3. The summed E-state index contributed by atoms with van der Waals surface area (Å²) < 4.78 is 0. The van der Waals surface area contributed by atoms with Crippen LogP contribution in [0.4, 0.5) is 0 Å². The van der Waals surface area contributed by atoms with Gasteiger partial charge in [0.25, 0.3) is 0 Å². The highest BCUT2D eigenvalue weighted by atomic mass is 35.5. The minimum absolute atomic E-state index is 0.442. The summed E-state index contributed by atoms with van der Waals surface area (Å²) in [5.74, 6) is 0.716. The van der Waals surface area contributed by atoms with E-state index in [4.69, 9.17) is 23.2 Å². The lowest BCUT2D eigenvalue weighted by Gasteiger charge is -2.04. The van der Waals surface area contributed by atoms with Crippen LogP contribution in [0.5, 0.6) is 0 Å². The number of nitrogens with zero attached hydrogens (tertiary/aromatic N) is 2. The minimum atomic E-state index is 0.442. The Balaban J connectivity index is 2.55. The third-order valence-corrected chi connectivity index (χ3v) is 2.64. The molecule has 1 heterocycles. The Morgan fingerprint density at radius 3 is 2.84 bits per heavy atom. The summed E-state index contributed by atoms with van der Waals surface area (Å²) in [6.45, 7) is 4.37. The number of rotatable bonds is 5. The van der Waals surface area contributed by atoms with E-state index in [1.54, 1.807) is 12.3 Å². The van der Waals surface area contributed by atoms with Gasteiger partial charge in [-0.05, 0) is 31.6 Å². The van der Waals surface area contributed by atoms with Gasteiger partial charge in [-0.15, -0.1) is 0 Å². The maximum Gasteiger partial charge on any atom is 0.109 e. The summed E-state index contributed by atoms with van der Waals surface area (Å²) in [6.07, 6.45) is 6.15. The number of nitrogens with one attached hydrogen (secondary N) is 1. The van der Waals surface area contributed by atoms with E-state index >= 15 is 0 Å². The van der Waals surface area contributed by atoms with Crippen molar-refractivity contribution in [2.75, 3.05) is 0 Å². The maximum absolute atomic E-state index is 6.02. The average Bonchev–Trinajstić information content (AvgIpc) is 2.37. The van der Waals surface area contributed by atoms with Gasteiger partial charge < -0.3 is 5.32 Å². The molecule has 0 saturated heterocycles. The molecule has 19 heavy (non-hydrogen) atoms. The summed E-state index contributed by atoms with van der Waals surface area (Å²) >= 11 is 12.0. The first-order chi connectivity index (χ1) is 9.11. The van der Waals surface area contributed by atoms with Crippen LogP contribution in [0.3, 0.4) is 0 Å². The number of halogens is 2. The van der Waals surface area contributed by atoms with Crippen LogP contribution in [0.15, 0.2) is 51.7 Å². The van der Waals surface area contributed by atoms with Gasteiger partial charge >= 0.3 is 0 Å². The molecule has 0 aliphatic carbocycles. The molecule has 1 N–H and O–H groups in total. The second kappa shape index (κ2) is 8.73. The zero-order chi connectivity index (χ0) is 14.1. The molecule has 0 unspecified atom stereocenters. The molecule has 0 radical (unpaired) electrons. The second-order valence-electron chi connectivity index (χ2n) is 3.84. The van der Waals surface area contributed by atoms with Crippen molar-refractivity contribution in [2.45, 2.75) is 26.8 Å². The number of amidine groups is 1. The summed E-state index contributed by atoms with van der Waals surface area (Å²) in [5.41, 5.74) is 0.910. The van der Waals surface area contributed by atoms with Crippen LogP contribution >= 0.6 is 23.2 Å². The topological polar surface area (TPSA) is 37.3 Å². The van der Waals surface area contributed by atoms with E-state index < -0.39 is 0 Å². The van der Waals surface area contributed by atoms with Crippen molar-refractivity contribution in [1.82, 2.24) is 10.3 Å². The van der Waals surface area contributed by atoms with Gasteiger partial charge in [-0.25, -0.2) is 0 Å². The predicted octanol–water partition coefficient (Wildman–Crippen LogP) is 4.20. The lowest BCUT2D eigenvalue weighted by Crippen LogP contribution is -2.17. The fourth-order valence-electron chi connectivity index (χ4n) is 1.31. The zero-order valence-electron chi connectivity index (χ0n) is 11.0. The molecular weight excluding hydrogens is 281 g/mol. The highest BCUT2D eigenvalue weighted by Crippen LogP contribution is 2.09. The van der Waals surface area contributed by atoms with Gasteiger partial charge in [0.05, 0.1) is 18.1 Å². The van der Waals surface area contributed by atoms with Crippen LogP contribution in [0.2, 0.25) is 0 Å². The number of aromatic nitrogens is 1. The third kappa shape index (κ3) is 6.99. The molecule has 1 aromatic heterocycles. The molecule has 1 rings (SSSR count). The molecule has 0 atom stereocenters. The highest BCUT2D eigenvalue weighted by molar-refractivity contribution is 6.34. The van der Waals surface area contributed by atoms with Crippen molar-refractivity contribution >= 4 is 29.0 Å². The van der Waals surface area contributed by atoms with Crippen LogP contribution in [-0.4, -0.2) is 10.8 Å². The van der Waals surface area contributed by atoms with E-state index in [-0.39, 0.29) is 0 Å². The largest absolute Gasteiger partial charge is 0.335 e.